The summed E-state index contributed by atoms with van der Waals surface area (Å²) in [5, 5.41) is 7.21. The van der Waals surface area contributed by atoms with Gasteiger partial charge in [-0.05, 0) is 39.5 Å². The van der Waals surface area contributed by atoms with Gasteiger partial charge in [-0.15, -0.1) is 0 Å². The second kappa shape index (κ2) is 8.01. The minimum atomic E-state index is -0.664. The van der Waals surface area contributed by atoms with E-state index in [-0.39, 0.29) is 17.7 Å². The van der Waals surface area contributed by atoms with Gasteiger partial charge >= 0.3 is 0 Å². The van der Waals surface area contributed by atoms with Crippen molar-refractivity contribution in [1.29, 1.82) is 0 Å². The maximum absolute atomic E-state index is 13.1. The molecule has 4 rings (SSSR count). The average molecular weight is 396 g/mol. The van der Waals surface area contributed by atoms with Gasteiger partial charge in [0, 0.05) is 43.6 Å². The number of hydrogen-bond acceptors (Lipinski definition) is 4. The summed E-state index contributed by atoms with van der Waals surface area (Å²) >= 11 is 0. The molecule has 1 aromatic heterocycles. The maximum atomic E-state index is 13.1. The van der Waals surface area contributed by atoms with Crippen LogP contribution in [0.5, 0.6) is 0 Å². The lowest BCUT2D eigenvalue weighted by Crippen LogP contribution is -2.54. The van der Waals surface area contributed by atoms with Crippen LogP contribution in [0.2, 0.25) is 0 Å². The normalized spacial score (nSPS) is 21.8. The molecule has 1 saturated heterocycles. The highest BCUT2D eigenvalue weighted by molar-refractivity contribution is 5.86. The smallest absolute Gasteiger partial charge is 0.228 e. The van der Waals surface area contributed by atoms with Crippen molar-refractivity contribution in [1.82, 2.24) is 15.4 Å². The lowest BCUT2D eigenvalue weighted by molar-refractivity contribution is -0.142. The molecule has 1 saturated carbocycles. The molecule has 1 unspecified atom stereocenters. The summed E-state index contributed by atoms with van der Waals surface area (Å²) in [4.78, 5) is 27.6. The molecule has 1 aliphatic heterocycles. The zero-order valence-corrected chi connectivity index (χ0v) is 17.2. The lowest BCUT2D eigenvalue weighted by atomic mass is 9.75. The fourth-order valence-electron chi connectivity index (χ4n) is 4.26. The number of likely N-dealkylation sites (tertiary alicyclic amines) is 1. The zero-order chi connectivity index (χ0) is 20.4. The first-order valence-corrected chi connectivity index (χ1v) is 10.6. The van der Waals surface area contributed by atoms with Crippen molar-refractivity contribution >= 4 is 11.8 Å². The number of benzene rings is 1. The highest BCUT2D eigenvalue weighted by atomic mass is 16.5. The van der Waals surface area contributed by atoms with E-state index in [1.54, 1.807) is 0 Å². The zero-order valence-electron chi connectivity index (χ0n) is 17.2. The van der Waals surface area contributed by atoms with Crippen LogP contribution in [0.3, 0.4) is 0 Å². The molecule has 1 atom stereocenters. The Bertz CT molecular complexity index is 885. The van der Waals surface area contributed by atoms with Crippen LogP contribution in [0, 0.1) is 18.3 Å². The van der Waals surface area contributed by atoms with Crippen molar-refractivity contribution in [3.63, 3.8) is 0 Å². The molecule has 2 aromatic rings. The van der Waals surface area contributed by atoms with Gasteiger partial charge in [-0.25, -0.2) is 0 Å². The summed E-state index contributed by atoms with van der Waals surface area (Å²) in [5.74, 6) is 1.06. The maximum Gasteiger partial charge on any atom is 0.228 e. The number of carbonyl (C=O) groups is 2. The van der Waals surface area contributed by atoms with E-state index in [1.165, 1.54) is 5.56 Å². The van der Waals surface area contributed by atoms with Crippen molar-refractivity contribution in [2.45, 2.75) is 46.0 Å². The molecule has 2 fully saturated rings. The molecule has 0 bridgehead atoms. The topological polar surface area (TPSA) is 75.4 Å². The predicted octanol–water partition coefficient (Wildman–Crippen LogP) is 3.35. The van der Waals surface area contributed by atoms with Gasteiger partial charge in [0.05, 0.1) is 5.41 Å². The minimum absolute atomic E-state index is 0.00147. The fraction of sp³-hybridized carbons (Fsp3) is 0.522. The molecule has 2 amide bonds. The monoisotopic (exact) mass is 395 g/mol. The van der Waals surface area contributed by atoms with E-state index >= 15 is 0 Å². The summed E-state index contributed by atoms with van der Waals surface area (Å²) in [6.45, 7) is 5.73. The van der Waals surface area contributed by atoms with Crippen LogP contribution in [-0.2, 0) is 16.0 Å². The molecule has 2 heterocycles. The number of nitrogens with zero attached hydrogens (tertiary/aromatic N) is 2. The van der Waals surface area contributed by atoms with Crippen LogP contribution in [0.25, 0.3) is 11.3 Å². The summed E-state index contributed by atoms with van der Waals surface area (Å²) < 4.78 is 5.63. The van der Waals surface area contributed by atoms with Crippen LogP contribution in [-0.4, -0.2) is 41.5 Å². The van der Waals surface area contributed by atoms with Gasteiger partial charge in [-0.2, -0.15) is 0 Å². The van der Waals surface area contributed by atoms with Gasteiger partial charge in [0.15, 0.2) is 0 Å². The summed E-state index contributed by atoms with van der Waals surface area (Å²) in [7, 11) is 0. The Hall–Kier alpha value is -2.63. The van der Waals surface area contributed by atoms with E-state index in [1.807, 2.05) is 49.1 Å². The highest BCUT2D eigenvalue weighted by Crippen LogP contribution is 2.38. The van der Waals surface area contributed by atoms with Crippen molar-refractivity contribution in [3.05, 3.63) is 41.7 Å². The molecule has 29 heavy (non-hydrogen) atoms. The first-order chi connectivity index (χ1) is 14.0. The van der Waals surface area contributed by atoms with E-state index < -0.39 is 5.41 Å². The summed E-state index contributed by atoms with van der Waals surface area (Å²) in [5.41, 5.74) is 2.29. The number of aromatic nitrogens is 1. The molecule has 6 heteroatoms. The van der Waals surface area contributed by atoms with E-state index in [0.29, 0.717) is 25.3 Å². The van der Waals surface area contributed by atoms with Gasteiger partial charge < -0.3 is 14.7 Å². The Morgan fingerprint density at radius 3 is 2.72 bits per heavy atom. The third-order valence-corrected chi connectivity index (χ3v) is 6.05. The number of amides is 2. The summed E-state index contributed by atoms with van der Waals surface area (Å²) in [6.07, 6.45) is 3.98. The third-order valence-electron chi connectivity index (χ3n) is 6.05. The second-order valence-electron chi connectivity index (χ2n) is 8.50. The summed E-state index contributed by atoms with van der Waals surface area (Å²) in [6, 6.07) is 10.1. The molecule has 1 aromatic carbocycles. The number of carbonyl (C=O) groups excluding carboxylic acids is 2. The lowest BCUT2D eigenvalue weighted by Gasteiger charge is -2.41. The number of aryl methyl sites for hydroxylation is 1. The number of hydrogen-bond donors (Lipinski definition) is 1. The first kappa shape index (κ1) is 19.7. The van der Waals surface area contributed by atoms with E-state index in [2.05, 4.69) is 10.5 Å². The SMILES string of the molecule is CCNC(=O)C1(Cc2cc(-c3ccc(C)cc3)no2)CCCN(C(=O)C2CC2)C1. The number of nitrogens with one attached hydrogen (secondary N) is 1. The van der Waals surface area contributed by atoms with Crippen LogP contribution < -0.4 is 5.32 Å². The average Bonchev–Trinajstić information content (AvgIpc) is 3.48. The number of rotatable bonds is 6. The van der Waals surface area contributed by atoms with E-state index in [9.17, 15) is 9.59 Å². The largest absolute Gasteiger partial charge is 0.361 e. The fourth-order valence-corrected chi connectivity index (χ4v) is 4.26. The Morgan fingerprint density at radius 1 is 1.28 bits per heavy atom. The first-order valence-electron chi connectivity index (χ1n) is 10.6. The molecule has 1 N–H and O–H groups in total. The Labute approximate surface area is 171 Å². The van der Waals surface area contributed by atoms with Crippen LogP contribution >= 0.6 is 0 Å². The van der Waals surface area contributed by atoms with Crippen molar-refractivity contribution in [3.8, 4) is 11.3 Å². The molecule has 6 nitrogen and oxygen atoms in total. The second-order valence-corrected chi connectivity index (χ2v) is 8.50. The van der Waals surface area contributed by atoms with E-state index in [0.717, 1.165) is 43.5 Å². The predicted molar refractivity (Wildman–Crippen MR) is 110 cm³/mol. The highest BCUT2D eigenvalue weighted by Gasteiger charge is 2.46. The Kier molecular flexibility index (Phi) is 5.43. The Morgan fingerprint density at radius 2 is 2.03 bits per heavy atom. The van der Waals surface area contributed by atoms with Gasteiger partial charge in [0.25, 0.3) is 0 Å². The van der Waals surface area contributed by atoms with Crippen molar-refractivity contribution in [2.75, 3.05) is 19.6 Å². The molecule has 0 spiro atoms. The Balaban J connectivity index is 1.56. The van der Waals surface area contributed by atoms with Crippen LogP contribution in [0.1, 0.15) is 43.9 Å². The molecule has 154 valence electrons. The quantitative estimate of drug-likeness (QED) is 0.814. The standard InChI is InChI=1S/C23H29N3O3/c1-3-24-22(28)23(11-4-12-26(15-23)21(27)18-9-10-18)14-19-13-20(25-29-19)17-7-5-16(2)6-8-17/h5-8,13,18H,3-4,9-12,14-15H2,1-2H3,(H,24,28). The van der Waals surface area contributed by atoms with Crippen LogP contribution in [0.15, 0.2) is 34.9 Å². The van der Waals surface area contributed by atoms with Gasteiger partial charge in [-0.1, -0.05) is 35.0 Å². The molecule has 0 radical (unpaired) electrons. The molecular formula is C23H29N3O3. The van der Waals surface area contributed by atoms with Crippen molar-refractivity contribution in [2.24, 2.45) is 11.3 Å². The van der Waals surface area contributed by atoms with Gasteiger partial charge in [0.2, 0.25) is 11.8 Å². The molecule has 2 aliphatic rings. The molecule has 1 aliphatic carbocycles. The minimum Gasteiger partial charge on any atom is -0.361 e. The number of piperidine rings is 1. The van der Waals surface area contributed by atoms with E-state index in [4.69, 9.17) is 4.52 Å². The van der Waals surface area contributed by atoms with Crippen LogP contribution in [0.4, 0.5) is 0 Å². The van der Waals surface area contributed by atoms with Gasteiger partial charge in [0.1, 0.15) is 11.5 Å². The van der Waals surface area contributed by atoms with Gasteiger partial charge in [-0.3, -0.25) is 9.59 Å². The third kappa shape index (κ3) is 4.21. The van der Waals surface area contributed by atoms with Crippen molar-refractivity contribution < 1.29 is 14.1 Å². The molecular weight excluding hydrogens is 366 g/mol.